The molecule has 0 aromatic rings. The van der Waals surface area contributed by atoms with Crippen LogP contribution in [0.1, 0.15) is 322 Å². The van der Waals surface area contributed by atoms with Crippen LogP contribution in [0, 0.1) is 0 Å². The van der Waals surface area contributed by atoms with E-state index in [1.165, 1.54) is 218 Å². The molecule has 0 aromatic carbocycles. The zero-order valence-corrected chi connectivity index (χ0v) is 54.5. The monoisotopic (exact) mass is 1140 g/mol. The third kappa shape index (κ3) is 63.5. The number of likely N-dealkylation sites (N-methyl/N-ethyl adjacent to an activating group) is 1. The normalized spacial score (nSPS) is 14.1. The Balaban J connectivity index is 4.03. The van der Waals surface area contributed by atoms with Crippen LogP contribution >= 0.6 is 7.82 Å². The van der Waals surface area contributed by atoms with Crippen molar-refractivity contribution in [3.05, 3.63) is 72.9 Å². The maximum Gasteiger partial charge on any atom is 0.472 e. The molecule has 0 heterocycles. The number of allylic oxidation sites excluding steroid dienone is 12. The van der Waals surface area contributed by atoms with Crippen LogP contribution in [0.2, 0.25) is 0 Å². The molecule has 0 aliphatic rings. The van der Waals surface area contributed by atoms with E-state index in [4.69, 9.17) is 9.05 Å². The minimum Gasteiger partial charge on any atom is -0.391 e. The first-order chi connectivity index (χ1) is 39.0. The first-order valence-electron chi connectivity index (χ1n) is 34.3. The smallest absolute Gasteiger partial charge is 0.391 e. The summed E-state index contributed by atoms with van der Waals surface area (Å²) in [4.78, 5) is 23.5. The molecule has 3 unspecified atom stereocenters. The number of hydrogen-bond acceptors (Lipinski definition) is 5. The molecule has 0 rings (SSSR count). The Morgan fingerprint density at radius 1 is 0.438 bits per heavy atom. The van der Waals surface area contributed by atoms with Crippen molar-refractivity contribution in [2.45, 2.75) is 334 Å². The molecular formula is C71H134N2O6P+. The largest absolute Gasteiger partial charge is 0.472 e. The number of carbonyl (C=O) groups excluding carboxylic acids is 1. The molecule has 0 aliphatic heterocycles. The predicted molar refractivity (Wildman–Crippen MR) is 350 cm³/mol. The van der Waals surface area contributed by atoms with Gasteiger partial charge in [-0.15, -0.1) is 0 Å². The van der Waals surface area contributed by atoms with E-state index in [9.17, 15) is 19.4 Å². The van der Waals surface area contributed by atoms with Crippen molar-refractivity contribution in [3.8, 4) is 0 Å². The van der Waals surface area contributed by atoms with Gasteiger partial charge in [0.2, 0.25) is 5.91 Å². The Kier molecular flexibility index (Phi) is 59.9. The molecule has 468 valence electrons. The molecule has 9 heteroatoms. The van der Waals surface area contributed by atoms with E-state index >= 15 is 0 Å². The number of unbranched alkanes of at least 4 members (excludes halogenated alkanes) is 38. The summed E-state index contributed by atoms with van der Waals surface area (Å²) in [6.45, 7) is 4.81. The first-order valence-corrected chi connectivity index (χ1v) is 35.8. The van der Waals surface area contributed by atoms with Crippen molar-refractivity contribution in [1.29, 1.82) is 0 Å². The van der Waals surface area contributed by atoms with Gasteiger partial charge >= 0.3 is 7.82 Å². The number of nitrogens with zero attached hydrogens (tertiary/aromatic N) is 1. The number of aliphatic hydroxyl groups is 1. The quantitative estimate of drug-likeness (QED) is 0.0243. The van der Waals surface area contributed by atoms with Crippen molar-refractivity contribution in [2.75, 3.05) is 40.9 Å². The van der Waals surface area contributed by atoms with Gasteiger partial charge in [-0.1, -0.05) is 324 Å². The van der Waals surface area contributed by atoms with Gasteiger partial charge in [-0.25, -0.2) is 4.57 Å². The first kappa shape index (κ1) is 77.9. The highest BCUT2D eigenvalue weighted by Crippen LogP contribution is 2.43. The molecule has 0 aromatic heterocycles. The third-order valence-corrected chi connectivity index (χ3v) is 16.5. The van der Waals surface area contributed by atoms with Crippen molar-refractivity contribution < 1.29 is 32.9 Å². The van der Waals surface area contributed by atoms with Crippen molar-refractivity contribution in [2.24, 2.45) is 0 Å². The van der Waals surface area contributed by atoms with Gasteiger partial charge in [-0.2, -0.15) is 0 Å². The summed E-state index contributed by atoms with van der Waals surface area (Å²) in [5, 5.41) is 14.1. The molecular weight excluding hydrogens is 1010 g/mol. The number of nitrogens with one attached hydrogen (secondary N) is 1. The number of quaternary nitrogens is 1. The van der Waals surface area contributed by atoms with Gasteiger partial charge < -0.3 is 19.8 Å². The second kappa shape index (κ2) is 61.5. The van der Waals surface area contributed by atoms with E-state index in [0.29, 0.717) is 23.9 Å². The minimum atomic E-state index is -4.33. The Bertz CT molecular complexity index is 1530. The second-order valence-electron chi connectivity index (χ2n) is 24.5. The van der Waals surface area contributed by atoms with Gasteiger partial charge in [-0.05, 0) is 64.2 Å². The lowest BCUT2D eigenvalue weighted by atomic mass is 10.0. The fourth-order valence-corrected chi connectivity index (χ4v) is 10.9. The standard InChI is InChI=1S/C71H133N2O6P/c1-6-8-10-12-14-16-18-20-22-24-26-28-30-31-32-33-34-35-36-37-38-39-40-41-43-45-47-49-51-53-55-57-59-61-63-65-71(75)72-69(68-79-80(76,77)78-67-66-73(3,4)5)70(74)64-62-60-58-56-54-52-50-48-46-44-42-29-27-25-23-21-19-17-15-13-11-9-7-2/h8,10,14,16,20,22,26,28,31-32,34-35,69-70,74H,6-7,9,11-13,15,17-19,21,23-25,27,29-30,33,36-68H2,1-5H3,(H-,72,75,76,77)/p+1/b10-8-,16-14-,22-20-,28-26-,32-31-,35-34-. The molecule has 8 nitrogen and oxygen atoms in total. The average Bonchev–Trinajstić information content (AvgIpc) is 3.42. The lowest BCUT2D eigenvalue weighted by Crippen LogP contribution is -2.46. The van der Waals surface area contributed by atoms with Gasteiger partial charge in [0.1, 0.15) is 13.2 Å². The summed E-state index contributed by atoms with van der Waals surface area (Å²) in [6.07, 6.45) is 85.6. The molecule has 0 fully saturated rings. The molecule has 0 bridgehead atoms. The number of aliphatic hydroxyl groups excluding tert-OH is 1. The Hall–Kier alpha value is -2.06. The van der Waals surface area contributed by atoms with E-state index in [1.807, 2.05) is 21.1 Å². The lowest BCUT2D eigenvalue weighted by Gasteiger charge is -2.26. The number of amides is 1. The highest BCUT2D eigenvalue weighted by atomic mass is 31.2. The molecule has 0 saturated heterocycles. The third-order valence-electron chi connectivity index (χ3n) is 15.5. The zero-order valence-electron chi connectivity index (χ0n) is 53.6. The van der Waals surface area contributed by atoms with E-state index in [0.717, 1.165) is 77.0 Å². The van der Waals surface area contributed by atoms with Crippen LogP contribution in [0.25, 0.3) is 0 Å². The van der Waals surface area contributed by atoms with Crippen molar-refractivity contribution >= 4 is 13.7 Å². The fraction of sp³-hybridized carbons (Fsp3) is 0.817. The van der Waals surface area contributed by atoms with Gasteiger partial charge in [0.15, 0.2) is 0 Å². The second-order valence-corrected chi connectivity index (χ2v) is 26.0. The van der Waals surface area contributed by atoms with Crippen LogP contribution < -0.4 is 5.32 Å². The number of phosphoric ester groups is 1. The lowest BCUT2D eigenvalue weighted by molar-refractivity contribution is -0.870. The predicted octanol–water partition coefficient (Wildman–Crippen LogP) is 21.8. The summed E-state index contributed by atoms with van der Waals surface area (Å²) in [5.41, 5.74) is 0. The van der Waals surface area contributed by atoms with Gasteiger partial charge in [-0.3, -0.25) is 13.8 Å². The molecule has 3 N–H and O–H groups in total. The van der Waals surface area contributed by atoms with Gasteiger partial charge in [0.25, 0.3) is 0 Å². The number of carbonyl (C=O) groups is 1. The number of rotatable bonds is 63. The number of hydrogen-bond donors (Lipinski definition) is 3. The van der Waals surface area contributed by atoms with Crippen LogP contribution in [0.4, 0.5) is 0 Å². The van der Waals surface area contributed by atoms with Gasteiger partial charge in [0, 0.05) is 6.42 Å². The highest BCUT2D eigenvalue weighted by Gasteiger charge is 2.28. The summed E-state index contributed by atoms with van der Waals surface area (Å²) < 4.78 is 23.9. The Morgan fingerprint density at radius 2 is 0.750 bits per heavy atom. The molecule has 80 heavy (non-hydrogen) atoms. The molecule has 0 spiro atoms. The van der Waals surface area contributed by atoms with Crippen LogP contribution in [0.15, 0.2) is 72.9 Å². The Morgan fingerprint density at radius 3 is 1.10 bits per heavy atom. The topological polar surface area (TPSA) is 105 Å². The van der Waals surface area contributed by atoms with Crippen LogP contribution in [0.5, 0.6) is 0 Å². The van der Waals surface area contributed by atoms with Crippen LogP contribution in [-0.2, 0) is 18.4 Å². The van der Waals surface area contributed by atoms with E-state index < -0.39 is 20.0 Å². The van der Waals surface area contributed by atoms with E-state index in [1.54, 1.807) is 0 Å². The zero-order chi connectivity index (χ0) is 58.4. The summed E-state index contributed by atoms with van der Waals surface area (Å²) in [7, 11) is 1.62. The maximum absolute atomic E-state index is 13.1. The Labute approximate surface area is 497 Å². The molecule has 3 atom stereocenters. The average molecular weight is 1140 g/mol. The maximum atomic E-state index is 13.1. The summed E-state index contributed by atoms with van der Waals surface area (Å²) in [5.74, 6) is -0.141. The van der Waals surface area contributed by atoms with Crippen LogP contribution in [0.3, 0.4) is 0 Å². The van der Waals surface area contributed by atoms with E-state index in [-0.39, 0.29) is 19.1 Å². The summed E-state index contributed by atoms with van der Waals surface area (Å²) >= 11 is 0. The molecule has 0 radical (unpaired) electrons. The summed E-state index contributed by atoms with van der Waals surface area (Å²) in [6, 6.07) is -0.764. The minimum absolute atomic E-state index is 0.0742. The molecule has 0 saturated carbocycles. The van der Waals surface area contributed by atoms with Crippen molar-refractivity contribution in [3.63, 3.8) is 0 Å². The fourth-order valence-electron chi connectivity index (χ4n) is 10.2. The van der Waals surface area contributed by atoms with Crippen LogP contribution in [-0.4, -0.2) is 73.4 Å². The highest BCUT2D eigenvalue weighted by molar-refractivity contribution is 7.47. The molecule has 1 amide bonds. The molecule has 0 aliphatic carbocycles. The van der Waals surface area contributed by atoms with Crippen molar-refractivity contribution in [1.82, 2.24) is 5.32 Å². The number of phosphoric acid groups is 1. The SMILES string of the molecule is CC/C=C\C/C=C\C/C=C\C/C=C\C/C=C\C/C=C\CCCCCCCCCCCCCCCCCCC(=O)NC(COP(=O)(O)OCC[N+](C)(C)C)C(O)CCCCCCCCCCCCCCCCCCCCCCCCC. The van der Waals surface area contributed by atoms with Gasteiger partial charge in [0.05, 0.1) is 39.9 Å². The van der Waals surface area contributed by atoms with E-state index in [2.05, 4.69) is 92.1 Å².